The molecule has 24 heavy (non-hydrogen) atoms. The summed E-state index contributed by atoms with van der Waals surface area (Å²) in [4.78, 5) is 0. The van der Waals surface area contributed by atoms with Crippen LogP contribution in [0.5, 0.6) is 0 Å². The van der Waals surface area contributed by atoms with Crippen LogP contribution >= 0.6 is 0 Å². The predicted octanol–water partition coefficient (Wildman–Crippen LogP) is 6.48. The molecule has 0 heterocycles. The molecule has 0 bridgehead atoms. The Hall–Kier alpha value is -1.34. The number of ether oxygens (including phenoxy) is 1. The highest BCUT2D eigenvalue weighted by molar-refractivity contribution is 5.22. The summed E-state index contributed by atoms with van der Waals surface area (Å²) in [5.74, 6) is 1.77. The van der Waals surface area contributed by atoms with Crippen LogP contribution < -0.4 is 0 Å². The summed E-state index contributed by atoms with van der Waals surface area (Å²) in [6, 6.07) is 9.03. The lowest BCUT2D eigenvalue weighted by Gasteiger charge is -2.26. The molecule has 0 spiro atoms. The number of allylic oxidation sites excluding steroid dienone is 3. The first-order valence-corrected chi connectivity index (χ1v) is 9.71. The van der Waals surface area contributed by atoms with Crippen LogP contribution in [-0.4, -0.2) is 6.61 Å². The monoisotopic (exact) mass is 326 g/mol. The van der Waals surface area contributed by atoms with Crippen LogP contribution in [0.4, 0.5) is 0 Å². The van der Waals surface area contributed by atoms with Crippen molar-refractivity contribution in [3.8, 4) is 0 Å². The van der Waals surface area contributed by atoms with E-state index in [9.17, 15) is 0 Å². The van der Waals surface area contributed by atoms with Gasteiger partial charge in [-0.1, -0.05) is 42.5 Å². The second-order valence-corrected chi connectivity index (χ2v) is 7.15. The van der Waals surface area contributed by atoms with E-state index in [0.717, 1.165) is 37.9 Å². The molecule has 0 radical (unpaired) electrons. The van der Waals surface area contributed by atoms with Gasteiger partial charge in [0.1, 0.15) is 0 Å². The van der Waals surface area contributed by atoms with E-state index in [1.165, 1.54) is 49.7 Å². The lowest BCUT2D eigenvalue weighted by molar-refractivity contribution is 0.119. The van der Waals surface area contributed by atoms with Crippen molar-refractivity contribution in [1.29, 1.82) is 0 Å². The molecule has 1 heteroatoms. The second-order valence-electron chi connectivity index (χ2n) is 7.15. The van der Waals surface area contributed by atoms with Crippen molar-refractivity contribution in [3.63, 3.8) is 0 Å². The Morgan fingerprint density at radius 3 is 2.46 bits per heavy atom. The molecule has 1 aliphatic rings. The van der Waals surface area contributed by atoms with Crippen molar-refractivity contribution >= 4 is 0 Å². The molecule has 1 aromatic carbocycles. The normalized spacial score (nSPS) is 21.2. The summed E-state index contributed by atoms with van der Waals surface area (Å²) < 4.78 is 5.69. The molecule has 1 fully saturated rings. The van der Waals surface area contributed by atoms with E-state index in [-0.39, 0.29) is 0 Å². The van der Waals surface area contributed by atoms with Crippen LogP contribution in [0.25, 0.3) is 0 Å². The fraction of sp³-hybridized carbons (Fsp3) is 0.565. The van der Waals surface area contributed by atoms with E-state index in [1.807, 2.05) is 6.08 Å². The van der Waals surface area contributed by atoms with Crippen LogP contribution in [0.2, 0.25) is 0 Å². The van der Waals surface area contributed by atoms with E-state index in [0.29, 0.717) is 0 Å². The van der Waals surface area contributed by atoms with Gasteiger partial charge in [0.05, 0.1) is 6.61 Å². The largest absolute Gasteiger partial charge is 0.377 e. The van der Waals surface area contributed by atoms with E-state index < -0.39 is 0 Å². The van der Waals surface area contributed by atoms with E-state index in [1.54, 1.807) is 0 Å². The Balaban J connectivity index is 1.64. The highest BCUT2D eigenvalue weighted by Gasteiger charge is 2.18. The number of hydrogen-bond donors (Lipinski definition) is 0. The Morgan fingerprint density at radius 2 is 1.79 bits per heavy atom. The van der Waals surface area contributed by atoms with Crippen molar-refractivity contribution in [2.75, 3.05) is 6.61 Å². The molecule has 1 aromatic rings. The van der Waals surface area contributed by atoms with Crippen LogP contribution in [-0.2, 0) is 17.8 Å². The zero-order valence-corrected chi connectivity index (χ0v) is 15.4. The van der Waals surface area contributed by atoms with Gasteiger partial charge in [0.15, 0.2) is 0 Å². The highest BCUT2D eigenvalue weighted by atomic mass is 16.5. The Labute approximate surface area is 148 Å². The number of unbranched alkanes of at least 4 members (excludes halogenated alkanes) is 1. The lowest BCUT2D eigenvalue weighted by Crippen LogP contribution is -2.13. The molecule has 1 aliphatic carbocycles. The van der Waals surface area contributed by atoms with Gasteiger partial charge in [0, 0.05) is 6.61 Å². The first-order valence-electron chi connectivity index (χ1n) is 9.71. The molecule has 1 nitrogen and oxygen atoms in total. The molecule has 0 N–H and O–H groups in total. The van der Waals surface area contributed by atoms with Gasteiger partial charge in [-0.25, -0.2) is 0 Å². The Kier molecular flexibility index (Phi) is 8.91. The molecule has 2 rings (SSSR count). The molecular formula is C23H34O. The summed E-state index contributed by atoms with van der Waals surface area (Å²) in [5, 5.41) is 0. The molecule has 0 aromatic heterocycles. The van der Waals surface area contributed by atoms with Crippen molar-refractivity contribution < 1.29 is 4.74 Å². The van der Waals surface area contributed by atoms with Gasteiger partial charge < -0.3 is 4.74 Å². The van der Waals surface area contributed by atoms with Gasteiger partial charge in [-0.05, 0) is 81.3 Å². The van der Waals surface area contributed by atoms with Gasteiger partial charge in [-0.3, -0.25) is 0 Å². The van der Waals surface area contributed by atoms with Crippen LogP contribution in [0, 0.1) is 11.8 Å². The van der Waals surface area contributed by atoms with Crippen molar-refractivity contribution in [2.24, 2.45) is 11.8 Å². The van der Waals surface area contributed by atoms with Gasteiger partial charge >= 0.3 is 0 Å². The standard InChI is InChI=1S/C23H34O/c1-3-5-6-18-24-19-23-16-14-22(15-17-23)13-12-21-10-8-20(7-4-2)9-11-21/h3-4,7,14-17,20-21H,1,5-6,8-13,18-19H2,2H3/b7-4-/t20-,21-. The van der Waals surface area contributed by atoms with E-state index in [4.69, 9.17) is 4.74 Å². The quantitative estimate of drug-likeness (QED) is 0.353. The van der Waals surface area contributed by atoms with Crippen molar-refractivity contribution in [2.45, 2.75) is 64.9 Å². The fourth-order valence-corrected chi connectivity index (χ4v) is 3.63. The van der Waals surface area contributed by atoms with Gasteiger partial charge in [0.25, 0.3) is 0 Å². The molecule has 132 valence electrons. The number of aryl methyl sites for hydroxylation is 1. The molecule has 0 amide bonds. The van der Waals surface area contributed by atoms with E-state index >= 15 is 0 Å². The lowest BCUT2D eigenvalue weighted by atomic mass is 9.79. The summed E-state index contributed by atoms with van der Waals surface area (Å²) in [7, 11) is 0. The first kappa shape index (κ1) is 19.0. The van der Waals surface area contributed by atoms with Crippen LogP contribution in [0.3, 0.4) is 0 Å². The average Bonchev–Trinajstić information content (AvgIpc) is 2.62. The van der Waals surface area contributed by atoms with Crippen LogP contribution in [0.15, 0.2) is 49.1 Å². The van der Waals surface area contributed by atoms with Gasteiger partial charge in [0.2, 0.25) is 0 Å². The third-order valence-electron chi connectivity index (χ3n) is 5.19. The average molecular weight is 327 g/mol. The summed E-state index contributed by atoms with van der Waals surface area (Å²) >= 11 is 0. The SMILES string of the molecule is C=CCCCOCc1ccc(CC[C@H]2CC[C@H](/C=C\C)CC2)cc1. The van der Waals surface area contributed by atoms with Crippen molar-refractivity contribution in [1.82, 2.24) is 0 Å². The highest BCUT2D eigenvalue weighted by Crippen LogP contribution is 2.32. The number of benzene rings is 1. The summed E-state index contributed by atoms with van der Waals surface area (Å²) in [5.41, 5.74) is 2.75. The smallest absolute Gasteiger partial charge is 0.0716 e. The molecular weight excluding hydrogens is 292 g/mol. The predicted molar refractivity (Wildman–Crippen MR) is 104 cm³/mol. The van der Waals surface area contributed by atoms with Crippen LogP contribution in [0.1, 0.15) is 63.0 Å². The Morgan fingerprint density at radius 1 is 1.08 bits per heavy atom. The third kappa shape index (κ3) is 7.05. The zero-order chi connectivity index (χ0) is 17.0. The van der Waals surface area contributed by atoms with Gasteiger partial charge in [-0.15, -0.1) is 6.58 Å². The molecule has 0 unspecified atom stereocenters. The summed E-state index contributed by atoms with van der Waals surface area (Å²) in [6.07, 6.45) is 16.8. The molecule has 0 aliphatic heterocycles. The first-order chi connectivity index (χ1) is 11.8. The number of hydrogen-bond acceptors (Lipinski definition) is 1. The minimum absolute atomic E-state index is 0.729. The fourth-order valence-electron chi connectivity index (χ4n) is 3.63. The zero-order valence-electron chi connectivity index (χ0n) is 15.4. The Bertz CT molecular complexity index is 477. The maximum absolute atomic E-state index is 5.69. The second kappa shape index (κ2) is 11.3. The number of rotatable bonds is 10. The molecule has 0 atom stereocenters. The van der Waals surface area contributed by atoms with Gasteiger partial charge in [-0.2, -0.15) is 0 Å². The summed E-state index contributed by atoms with van der Waals surface area (Å²) in [6.45, 7) is 7.42. The van der Waals surface area contributed by atoms with E-state index in [2.05, 4.69) is 49.9 Å². The maximum Gasteiger partial charge on any atom is 0.0716 e. The third-order valence-corrected chi connectivity index (χ3v) is 5.19. The topological polar surface area (TPSA) is 9.23 Å². The minimum Gasteiger partial charge on any atom is -0.377 e. The molecule has 1 saturated carbocycles. The molecule has 0 saturated heterocycles. The van der Waals surface area contributed by atoms with Crippen molar-refractivity contribution in [3.05, 3.63) is 60.2 Å². The maximum atomic E-state index is 5.69. The minimum atomic E-state index is 0.729.